The van der Waals surface area contributed by atoms with Crippen LogP contribution in [0.3, 0.4) is 0 Å². The molecule has 2 N–H and O–H groups in total. The highest BCUT2D eigenvalue weighted by Crippen LogP contribution is 2.25. The smallest absolute Gasteiger partial charge is 0.262 e. The lowest BCUT2D eigenvalue weighted by Gasteiger charge is -2.13. The summed E-state index contributed by atoms with van der Waals surface area (Å²) in [5.41, 5.74) is -0.00791. The molecule has 0 radical (unpaired) electrons. The standard InChI is InChI=1S/C14H13F2NO3S/c1-9-7-11(15)5-6-13(9)21(19,20)17-14-10(8-18)3-2-4-12(14)16/h2-7,17-18H,8H2,1H3. The normalized spacial score (nSPS) is 11.4. The van der Waals surface area contributed by atoms with Gasteiger partial charge in [-0.2, -0.15) is 0 Å². The van der Waals surface area contributed by atoms with E-state index >= 15 is 0 Å². The van der Waals surface area contributed by atoms with Crippen molar-refractivity contribution in [1.82, 2.24) is 0 Å². The van der Waals surface area contributed by atoms with Crippen molar-refractivity contribution in [3.8, 4) is 0 Å². The van der Waals surface area contributed by atoms with E-state index in [-0.39, 0.29) is 21.7 Å². The van der Waals surface area contributed by atoms with E-state index in [1.54, 1.807) is 0 Å². The molecule has 0 spiro atoms. The van der Waals surface area contributed by atoms with Gasteiger partial charge in [0.05, 0.1) is 17.2 Å². The van der Waals surface area contributed by atoms with Gasteiger partial charge in [-0.05, 0) is 36.8 Å². The predicted octanol–water partition coefficient (Wildman–Crippen LogP) is 2.57. The van der Waals surface area contributed by atoms with Gasteiger partial charge in [-0.25, -0.2) is 17.2 Å². The fraction of sp³-hybridized carbons (Fsp3) is 0.143. The minimum atomic E-state index is -4.08. The van der Waals surface area contributed by atoms with E-state index in [0.717, 1.165) is 24.3 Å². The second kappa shape index (κ2) is 5.79. The van der Waals surface area contributed by atoms with E-state index in [9.17, 15) is 17.2 Å². The number of aliphatic hydroxyl groups is 1. The van der Waals surface area contributed by atoms with Crippen LogP contribution in [-0.2, 0) is 16.6 Å². The molecule has 2 aromatic rings. The van der Waals surface area contributed by atoms with Crippen molar-refractivity contribution in [2.45, 2.75) is 18.4 Å². The lowest BCUT2D eigenvalue weighted by atomic mass is 10.2. The third-order valence-electron chi connectivity index (χ3n) is 2.93. The number of halogens is 2. The molecule has 2 rings (SSSR count). The first-order chi connectivity index (χ1) is 9.85. The topological polar surface area (TPSA) is 66.4 Å². The summed E-state index contributed by atoms with van der Waals surface area (Å²) in [6, 6.07) is 7.03. The zero-order valence-electron chi connectivity index (χ0n) is 11.1. The Kier molecular flexibility index (Phi) is 4.24. The Morgan fingerprint density at radius 3 is 2.52 bits per heavy atom. The number of sulfonamides is 1. The molecule has 0 bridgehead atoms. The molecule has 0 amide bonds. The van der Waals surface area contributed by atoms with Crippen LogP contribution in [0.2, 0.25) is 0 Å². The number of hydrogen-bond donors (Lipinski definition) is 2. The fourth-order valence-corrected chi connectivity index (χ4v) is 3.26. The molecule has 0 aliphatic heterocycles. The Morgan fingerprint density at radius 2 is 1.90 bits per heavy atom. The molecule has 112 valence electrons. The summed E-state index contributed by atoms with van der Waals surface area (Å²) < 4.78 is 53.4. The molecule has 0 aliphatic rings. The van der Waals surface area contributed by atoms with Gasteiger partial charge in [-0.15, -0.1) is 0 Å². The maximum atomic E-state index is 13.7. The molecule has 0 fully saturated rings. The van der Waals surface area contributed by atoms with E-state index in [2.05, 4.69) is 4.72 Å². The second-order valence-electron chi connectivity index (χ2n) is 4.45. The zero-order valence-corrected chi connectivity index (χ0v) is 11.9. The number of hydrogen-bond acceptors (Lipinski definition) is 3. The first-order valence-electron chi connectivity index (χ1n) is 6.02. The van der Waals surface area contributed by atoms with Crippen LogP contribution in [0.25, 0.3) is 0 Å². The van der Waals surface area contributed by atoms with Crippen LogP contribution in [0, 0.1) is 18.6 Å². The second-order valence-corrected chi connectivity index (χ2v) is 6.10. The molecule has 0 atom stereocenters. The molecule has 0 saturated carbocycles. The number of aliphatic hydroxyl groups excluding tert-OH is 1. The van der Waals surface area contributed by atoms with E-state index in [1.807, 2.05) is 0 Å². The van der Waals surface area contributed by atoms with E-state index in [1.165, 1.54) is 19.1 Å². The van der Waals surface area contributed by atoms with Crippen molar-refractivity contribution in [3.63, 3.8) is 0 Å². The summed E-state index contributed by atoms with van der Waals surface area (Å²) in [6.07, 6.45) is 0. The molecule has 4 nitrogen and oxygen atoms in total. The molecular weight excluding hydrogens is 300 g/mol. The molecule has 7 heteroatoms. The van der Waals surface area contributed by atoms with Gasteiger partial charge in [-0.1, -0.05) is 12.1 Å². The number of benzene rings is 2. The Labute approximate surface area is 121 Å². The van der Waals surface area contributed by atoms with Crippen molar-refractivity contribution in [3.05, 3.63) is 59.2 Å². The third-order valence-corrected chi connectivity index (χ3v) is 4.44. The summed E-state index contributed by atoms with van der Waals surface area (Å²) in [5.74, 6) is -1.36. The molecule has 0 aliphatic carbocycles. The van der Waals surface area contributed by atoms with Crippen LogP contribution < -0.4 is 4.72 Å². The first kappa shape index (κ1) is 15.4. The minimum absolute atomic E-state index is 0.110. The molecule has 0 heterocycles. The summed E-state index contributed by atoms with van der Waals surface area (Å²) in [5, 5.41) is 9.15. The molecule has 2 aromatic carbocycles. The van der Waals surface area contributed by atoms with Gasteiger partial charge in [-0.3, -0.25) is 4.72 Å². The number of nitrogens with one attached hydrogen (secondary N) is 1. The number of rotatable bonds is 4. The molecule has 0 unspecified atom stereocenters. The average Bonchev–Trinajstić information content (AvgIpc) is 2.40. The maximum absolute atomic E-state index is 13.7. The molecular formula is C14H13F2NO3S. The quantitative estimate of drug-likeness (QED) is 0.911. The SMILES string of the molecule is Cc1cc(F)ccc1S(=O)(=O)Nc1c(F)cccc1CO. The van der Waals surface area contributed by atoms with Gasteiger partial charge in [0.25, 0.3) is 10.0 Å². The van der Waals surface area contributed by atoms with Crippen LogP contribution in [0.5, 0.6) is 0 Å². The number of anilines is 1. The van der Waals surface area contributed by atoms with Crippen molar-refractivity contribution < 1.29 is 22.3 Å². The molecule has 0 saturated heterocycles. The fourth-order valence-electron chi connectivity index (χ4n) is 1.92. The summed E-state index contributed by atoms with van der Waals surface area (Å²) in [4.78, 5) is -0.156. The number of para-hydroxylation sites is 1. The Balaban J connectivity index is 2.47. The monoisotopic (exact) mass is 313 g/mol. The van der Waals surface area contributed by atoms with Crippen molar-refractivity contribution >= 4 is 15.7 Å². The van der Waals surface area contributed by atoms with E-state index in [4.69, 9.17) is 5.11 Å². The zero-order chi connectivity index (χ0) is 15.6. The highest BCUT2D eigenvalue weighted by molar-refractivity contribution is 7.92. The summed E-state index contributed by atoms with van der Waals surface area (Å²) in [7, 11) is -4.08. The lowest BCUT2D eigenvalue weighted by molar-refractivity contribution is 0.282. The minimum Gasteiger partial charge on any atom is -0.392 e. The van der Waals surface area contributed by atoms with Gasteiger partial charge in [0.1, 0.15) is 11.6 Å². The van der Waals surface area contributed by atoms with E-state index < -0.39 is 28.3 Å². The third kappa shape index (κ3) is 3.20. The van der Waals surface area contributed by atoms with Crippen LogP contribution in [0.15, 0.2) is 41.3 Å². The largest absolute Gasteiger partial charge is 0.392 e. The predicted molar refractivity (Wildman–Crippen MR) is 74.3 cm³/mol. The van der Waals surface area contributed by atoms with Crippen molar-refractivity contribution in [1.29, 1.82) is 0 Å². The number of aryl methyl sites for hydroxylation is 1. The Morgan fingerprint density at radius 1 is 1.19 bits per heavy atom. The van der Waals surface area contributed by atoms with Gasteiger partial charge in [0.15, 0.2) is 0 Å². The van der Waals surface area contributed by atoms with Crippen molar-refractivity contribution in [2.75, 3.05) is 4.72 Å². The van der Waals surface area contributed by atoms with Crippen LogP contribution in [0.4, 0.5) is 14.5 Å². The van der Waals surface area contributed by atoms with Crippen LogP contribution >= 0.6 is 0 Å². The molecule has 21 heavy (non-hydrogen) atoms. The highest BCUT2D eigenvalue weighted by Gasteiger charge is 2.20. The van der Waals surface area contributed by atoms with Gasteiger partial charge < -0.3 is 5.11 Å². The Bertz CT molecular complexity index is 776. The lowest BCUT2D eigenvalue weighted by Crippen LogP contribution is -2.16. The van der Waals surface area contributed by atoms with Crippen LogP contribution in [-0.4, -0.2) is 13.5 Å². The Hall–Kier alpha value is -1.99. The summed E-state index contributed by atoms with van der Waals surface area (Å²) in [6.45, 7) is 0.921. The average molecular weight is 313 g/mol. The van der Waals surface area contributed by atoms with Crippen LogP contribution in [0.1, 0.15) is 11.1 Å². The van der Waals surface area contributed by atoms with Gasteiger partial charge >= 0.3 is 0 Å². The van der Waals surface area contributed by atoms with Gasteiger partial charge in [0, 0.05) is 5.56 Å². The maximum Gasteiger partial charge on any atom is 0.262 e. The van der Waals surface area contributed by atoms with Gasteiger partial charge in [0.2, 0.25) is 0 Å². The summed E-state index contributed by atoms with van der Waals surface area (Å²) >= 11 is 0. The first-order valence-corrected chi connectivity index (χ1v) is 7.50. The molecule has 0 aromatic heterocycles. The highest BCUT2D eigenvalue weighted by atomic mass is 32.2. The van der Waals surface area contributed by atoms with E-state index in [0.29, 0.717) is 0 Å². The van der Waals surface area contributed by atoms with Crippen molar-refractivity contribution in [2.24, 2.45) is 0 Å².